The second-order valence-electron chi connectivity index (χ2n) is 9.90. The summed E-state index contributed by atoms with van der Waals surface area (Å²) in [7, 11) is 0. The number of rotatable bonds is 3. The highest BCUT2D eigenvalue weighted by Gasteiger charge is 2.44. The number of aryl methyl sites for hydroxylation is 1. The minimum absolute atomic E-state index is 0.0755. The first-order chi connectivity index (χ1) is 14.2. The Morgan fingerprint density at radius 2 is 1.63 bits per heavy atom. The fourth-order valence-corrected chi connectivity index (χ4v) is 4.91. The van der Waals surface area contributed by atoms with Crippen LogP contribution in [0.1, 0.15) is 75.5 Å². The lowest BCUT2D eigenvalue weighted by atomic mass is 9.69. The van der Waals surface area contributed by atoms with E-state index < -0.39 is 0 Å². The van der Waals surface area contributed by atoms with Crippen LogP contribution in [-0.4, -0.2) is 11.7 Å². The molecular weight excluding hydrogens is 370 g/mol. The second kappa shape index (κ2) is 7.54. The average molecular weight is 402 g/mol. The van der Waals surface area contributed by atoms with Gasteiger partial charge >= 0.3 is 0 Å². The second-order valence-corrected chi connectivity index (χ2v) is 9.90. The molecule has 0 radical (unpaired) electrons. The fourth-order valence-electron chi connectivity index (χ4n) is 4.91. The van der Waals surface area contributed by atoms with Gasteiger partial charge in [-0.3, -0.25) is 14.5 Å². The summed E-state index contributed by atoms with van der Waals surface area (Å²) >= 11 is 0. The lowest BCUT2D eigenvalue weighted by Crippen LogP contribution is -2.44. The SMILES string of the molecule is Cc1ccccc1N1C(=O)CC(c2ccc(C(C)C)cc2)C2=C1CC(C)(C)CC2=O. The molecule has 1 aliphatic heterocycles. The van der Waals surface area contributed by atoms with E-state index in [1.165, 1.54) is 5.56 Å². The molecule has 156 valence electrons. The van der Waals surface area contributed by atoms with E-state index in [9.17, 15) is 9.59 Å². The number of allylic oxidation sites excluding steroid dienone is 2. The molecule has 0 saturated heterocycles. The number of nitrogens with zero attached hydrogens (tertiary/aromatic N) is 1. The maximum absolute atomic E-state index is 13.5. The molecule has 30 heavy (non-hydrogen) atoms. The highest BCUT2D eigenvalue weighted by molar-refractivity contribution is 6.08. The van der Waals surface area contributed by atoms with Crippen molar-refractivity contribution in [3.8, 4) is 0 Å². The number of amides is 1. The van der Waals surface area contributed by atoms with Crippen molar-refractivity contribution in [2.75, 3.05) is 4.90 Å². The average Bonchev–Trinajstić information content (AvgIpc) is 2.67. The van der Waals surface area contributed by atoms with Crippen LogP contribution in [0.5, 0.6) is 0 Å². The molecule has 1 aliphatic carbocycles. The van der Waals surface area contributed by atoms with E-state index in [1.54, 1.807) is 0 Å². The van der Waals surface area contributed by atoms with Crippen LogP contribution >= 0.6 is 0 Å². The molecule has 0 fully saturated rings. The molecular formula is C27H31NO2. The van der Waals surface area contributed by atoms with E-state index in [0.29, 0.717) is 18.8 Å². The van der Waals surface area contributed by atoms with Crippen molar-refractivity contribution in [2.24, 2.45) is 5.41 Å². The molecule has 1 atom stereocenters. The first-order valence-corrected chi connectivity index (χ1v) is 10.9. The van der Waals surface area contributed by atoms with Crippen molar-refractivity contribution in [1.82, 2.24) is 0 Å². The smallest absolute Gasteiger partial charge is 0.232 e. The van der Waals surface area contributed by atoms with Gasteiger partial charge in [-0.25, -0.2) is 0 Å². The van der Waals surface area contributed by atoms with Crippen LogP contribution in [0, 0.1) is 12.3 Å². The Balaban J connectivity index is 1.87. The van der Waals surface area contributed by atoms with E-state index >= 15 is 0 Å². The lowest BCUT2D eigenvalue weighted by Gasteiger charge is -2.43. The van der Waals surface area contributed by atoms with Crippen molar-refractivity contribution >= 4 is 17.4 Å². The first-order valence-electron chi connectivity index (χ1n) is 10.9. The molecule has 0 saturated carbocycles. The van der Waals surface area contributed by atoms with Crippen LogP contribution in [0.2, 0.25) is 0 Å². The third kappa shape index (κ3) is 3.62. The maximum Gasteiger partial charge on any atom is 0.232 e. The molecule has 0 N–H and O–H groups in total. The van der Waals surface area contributed by atoms with Gasteiger partial charge in [-0.15, -0.1) is 0 Å². The van der Waals surface area contributed by atoms with Crippen molar-refractivity contribution in [3.63, 3.8) is 0 Å². The molecule has 1 heterocycles. The molecule has 3 heteroatoms. The number of ketones is 1. The summed E-state index contributed by atoms with van der Waals surface area (Å²) in [5, 5.41) is 0. The summed E-state index contributed by atoms with van der Waals surface area (Å²) in [4.78, 5) is 28.7. The summed E-state index contributed by atoms with van der Waals surface area (Å²) in [6, 6.07) is 16.4. The zero-order valence-electron chi connectivity index (χ0n) is 18.7. The van der Waals surface area contributed by atoms with Gasteiger partial charge in [0.2, 0.25) is 5.91 Å². The van der Waals surface area contributed by atoms with E-state index in [-0.39, 0.29) is 23.0 Å². The quantitative estimate of drug-likeness (QED) is 0.607. The summed E-state index contributed by atoms with van der Waals surface area (Å²) in [5.74, 6) is 0.560. The van der Waals surface area contributed by atoms with Gasteiger partial charge in [-0.05, 0) is 47.4 Å². The van der Waals surface area contributed by atoms with Crippen LogP contribution in [0.25, 0.3) is 0 Å². The van der Waals surface area contributed by atoms with E-state index in [1.807, 2.05) is 36.1 Å². The molecule has 0 aromatic heterocycles. The minimum Gasteiger partial charge on any atom is -0.294 e. The Hall–Kier alpha value is -2.68. The third-order valence-electron chi connectivity index (χ3n) is 6.50. The highest BCUT2D eigenvalue weighted by atomic mass is 16.2. The zero-order valence-corrected chi connectivity index (χ0v) is 18.7. The van der Waals surface area contributed by atoms with Gasteiger partial charge in [0.25, 0.3) is 0 Å². The largest absolute Gasteiger partial charge is 0.294 e. The fraction of sp³-hybridized carbons (Fsp3) is 0.407. The predicted molar refractivity (Wildman–Crippen MR) is 122 cm³/mol. The highest BCUT2D eigenvalue weighted by Crippen LogP contribution is 2.48. The van der Waals surface area contributed by atoms with Crippen LogP contribution in [0.3, 0.4) is 0 Å². The van der Waals surface area contributed by atoms with Crippen molar-refractivity contribution in [1.29, 1.82) is 0 Å². The van der Waals surface area contributed by atoms with Crippen LogP contribution in [-0.2, 0) is 9.59 Å². The number of hydrogen-bond acceptors (Lipinski definition) is 2. The first kappa shape index (κ1) is 20.6. The van der Waals surface area contributed by atoms with E-state index in [4.69, 9.17) is 0 Å². The molecule has 4 rings (SSSR count). The summed E-state index contributed by atoms with van der Waals surface area (Å²) in [6.45, 7) is 10.6. The van der Waals surface area contributed by atoms with Crippen molar-refractivity contribution < 1.29 is 9.59 Å². The van der Waals surface area contributed by atoms with Gasteiger partial charge in [0.15, 0.2) is 5.78 Å². The Morgan fingerprint density at radius 1 is 0.967 bits per heavy atom. The number of anilines is 1. The molecule has 2 aromatic carbocycles. The molecule has 1 unspecified atom stereocenters. The van der Waals surface area contributed by atoms with Crippen LogP contribution < -0.4 is 4.90 Å². The van der Waals surface area contributed by atoms with Gasteiger partial charge in [0.05, 0.1) is 5.69 Å². The monoisotopic (exact) mass is 401 g/mol. The topological polar surface area (TPSA) is 37.4 Å². The Bertz CT molecular complexity index is 1030. The number of para-hydroxylation sites is 1. The van der Waals surface area contributed by atoms with E-state index in [0.717, 1.165) is 34.5 Å². The third-order valence-corrected chi connectivity index (χ3v) is 6.50. The normalized spacial score (nSPS) is 21.3. The van der Waals surface area contributed by atoms with Gasteiger partial charge < -0.3 is 0 Å². The van der Waals surface area contributed by atoms with Gasteiger partial charge in [-0.1, -0.05) is 70.2 Å². The molecule has 0 bridgehead atoms. The van der Waals surface area contributed by atoms with Crippen LogP contribution in [0.15, 0.2) is 59.8 Å². The van der Waals surface area contributed by atoms with Gasteiger partial charge in [0.1, 0.15) is 0 Å². The number of Topliss-reactive ketones (excluding diaryl/α,β-unsaturated/α-hetero) is 1. The Kier molecular flexibility index (Phi) is 5.17. The molecule has 3 nitrogen and oxygen atoms in total. The Morgan fingerprint density at radius 3 is 2.27 bits per heavy atom. The zero-order chi connectivity index (χ0) is 21.6. The van der Waals surface area contributed by atoms with Crippen molar-refractivity contribution in [3.05, 3.63) is 76.5 Å². The number of carbonyl (C=O) groups is 2. The number of benzene rings is 2. The van der Waals surface area contributed by atoms with Gasteiger partial charge in [0, 0.05) is 30.0 Å². The van der Waals surface area contributed by atoms with E-state index in [2.05, 4.69) is 52.0 Å². The summed E-state index contributed by atoms with van der Waals surface area (Å²) in [6.07, 6.45) is 1.59. The number of hydrogen-bond donors (Lipinski definition) is 0. The van der Waals surface area contributed by atoms with Crippen molar-refractivity contribution in [2.45, 2.75) is 65.7 Å². The molecule has 2 aromatic rings. The lowest BCUT2D eigenvalue weighted by molar-refractivity contribution is -0.121. The predicted octanol–water partition coefficient (Wildman–Crippen LogP) is 6.28. The molecule has 1 amide bonds. The summed E-state index contributed by atoms with van der Waals surface area (Å²) < 4.78 is 0. The number of carbonyl (C=O) groups excluding carboxylic acids is 2. The van der Waals surface area contributed by atoms with Gasteiger partial charge in [-0.2, -0.15) is 0 Å². The minimum atomic E-state index is -0.155. The standard InChI is InChI=1S/C27H31NO2/c1-17(2)19-10-12-20(13-11-19)21-14-25(30)28(22-9-7-6-8-18(22)3)23-15-27(4,5)16-24(29)26(21)23/h6-13,17,21H,14-16H2,1-5H3. The maximum atomic E-state index is 13.5. The molecule has 0 spiro atoms. The van der Waals surface area contributed by atoms with Crippen LogP contribution in [0.4, 0.5) is 5.69 Å². The molecule has 2 aliphatic rings. The Labute approximate surface area is 179 Å². The summed E-state index contributed by atoms with van der Waals surface area (Å²) in [5.41, 5.74) is 5.88.